The summed E-state index contributed by atoms with van der Waals surface area (Å²) in [6, 6.07) is 46.6. The average Bonchev–Trinajstić information content (AvgIpc) is 3.36. The third-order valence-electron chi connectivity index (χ3n) is 7.70. The first-order chi connectivity index (χ1) is 19.8. The van der Waals surface area contributed by atoms with E-state index >= 15 is 0 Å². The maximum absolute atomic E-state index is 9.58. The fraction of sp³-hybridized carbons (Fsp3) is 0.0541. The molecule has 3 nitrogen and oxygen atoms in total. The minimum Gasteiger partial charge on any atom is -0.313 e. The van der Waals surface area contributed by atoms with Gasteiger partial charge in [0.1, 0.15) is 0 Å². The van der Waals surface area contributed by atoms with Gasteiger partial charge in [-0.2, -0.15) is 5.26 Å². The molecule has 0 atom stereocenters. The number of rotatable bonds is 5. The van der Waals surface area contributed by atoms with Crippen molar-refractivity contribution in [3.8, 4) is 22.9 Å². The Bertz CT molecular complexity index is 1850. The molecular formula is C37H27N3. The van der Waals surface area contributed by atoms with E-state index < -0.39 is 0 Å². The quantitative estimate of drug-likeness (QED) is 0.230. The Morgan fingerprint density at radius 3 is 2.05 bits per heavy atom. The van der Waals surface area contributed by atoms with E-state index in [1.807, 2.05) is 24.3 Å². The van der Waals surface area contributed by atoms with Crippen LogP contribution >= 0.6 is 0 Å². The maximum Gasteiger partial charge on any atom is 0.0998 e. The van der Waals surface area contributed by atoms with Crippen molar-refractivity contribution in [2.75, 3.05) is 4.90 Å². The third-order valence-corrected chi connectivity index (χ3v) is 7.70. The van der Waals surface area contributed by atoms with E-state index in [1.54, 1.807) is 0 Å². The summed E-state index contributed by atoms with van der Waals surface area (Å²) in [6.07, 6.45) is 6.60. The molecule has 1 heterocycles. The smallest absolute Gasteiger partial charge is 0.0998 e. The summed E-state index contributed by atoms with van der Waals surface area (Å²) >= 11 is 0. The first-order valence-electron chi connectivity index (χ1n) is 13.7. The molecule has 0 radical (unpaired) electrons. The van der Waals surface area contributed by atoms with Gasteiger partial charge in [-0.15, -0.1) is 0 Å². The van der Waals surface area contributed by atoms with E-state index in [0.29, 0.717) is 5.56 Å². The van der Waals surface area contributed by atoms with E-state index in [1.165, 1.54) is 22.2 Å². The van der Waals surface area contributed by atoms with Gasteiger partial charge in [0.2, 0.25) is 0 Å². The number of fused-ring (bicyclic) bond motifs is 3. The number of nitriles is 1. The van der Waals surface area contributed by atoms with Crippen LogP contribution < -0.4 is 4.90 Å². The Kier molecular flexibility index (Phi) is 6.00. The van der Waals surface area contributed by atoms with E-state index in [4.69, 9.17) is 0 Å². The molecule has 0 bridgehead atoms. The van der Waals surface area contributed by atoms with E-state index in [2.05, 4.69) is 131 Å². The predicted molar refractivity (Wildman–Crippen MR) is 165 cm³/mol. The number of hydrogen-bond donors (Lipinski definition) is 0. The second-order valence-corrected chi connectivity index (χ2v) is 10.0. The number of aromatic nitrogens is 1. The van der Waals surface area contributed by atoms with Crippen LogP contribution in [0.25, 0.3) is 33.8 Å². The number of hydrogen-bond acceptors (Lipinski definition) is 2. The molecule has 40 heavy (non-hydrogen) atoms. The Morgan fingerprint density at radius 1 is 0.675 bits per heavy atom. The van der Waals surface area contributed by atoms with Gasteiger partial charge in [-0.3, -0.25) is 0 Å². The molecule has 0 saturated heterocycles. The highest BCUT2D eigenvalue weighted by atomic mass is 15.1. The van der Waals surface area contributed by atoms with Gasteiger partial charge in [0, 0.05) is 39.4 Å². The molecule has 0 spiro atoms. The molecule has 190 valence electrons. The standard InChI is InChI=1S/C37H27N3/c38-26-28-11-7-8-16-33(28)27-19-21-31(22-20-27)40-36-18-10-9-17-34(36)35-25-32(23-24-37(35)40)39(29-12-3-1-4-13-29)30-14-5-2-6-15-30/h1-9,11-17,19-25H,10,18H2. The van der Waals surface area contributed by atoms with Crippen LogP contribution in [0.3, 0.4) is 0 Å². The van der Waals surface area contributed by atoms with E-state index in [-0.39, 0.29) is 0 Å². The lowest BCUT2D eigenvalue weighted by Crippen LogP contribution is -2.09. The average molecular weight is 514 g/mol. The minimum absolute atomic E-state index is 0.693. The topological polar surface area (TPSA) is 32.0 Å². The number of benzene rings is 5. The summed E-state index contributed by atoms with van der Waals surface area (Å²) in [4.78, 5) is 2.32. The molecule has 1 aromatic heterocycles. The lowest BCUT2D eigenvalue weighted by Gasteiger charge is -2.25. The highest BCUT2D eigenvalue weighted by Crippen LogP contribution is 2.40. The van der Waals surface area contributed by atoms with Crippen molar-refractivity contribution >= 4 is 34.0 Å². The predicted octanol–water partition coefficient (Wildman–Crippen LogP) is 9.60. The summed E-state index contributed by atoms with van der Waals surface area (Å²) < 4.78 is 2.41. The molecule has 0 amide bonds. The summed E-state index contributed by atoms with van der Waals surface area (Å²) in [5.74, 6) is 0. The second-order valence-electron chi connectivity index (χ2n) is 10.0. The molecule has 0 unspecified atom stereocenters. The van der Waals surface area contributed by atoms with Crippen molar-refractivity contribution in [1.82, 2.24) is 4.57 Å². The Morgan fingerprint density at radius 2 is 1.35 bits per heavy atom. The van der Waals surface area contributed by atoms with Crippen LogP contribution in [-0.4, -0.2) is 4.57 Å². The molecule has 1 aliphatic carbocycles. The Labute approximate surface area is 234 Å². The fourth-order valence-electron chi connectivity index (χ4n) is 5.87. The lowest BCUT2D eigenvalue weighted by atomic mass is 10.00. The zero-order valence-electron chi connectivity index (χ0n) is 22.0. The first kappa shape index (κ1) is 23.8. The number of nitrogens with zero attached hydrogens (tertiary/aromatic N) is 3. The highest BCUT2D eigenvalue weighted by Gasteiger charge is 2.21. The van der Waals surface area contributed by atoms with Crippen LogP contribution in [0, 0.1) is 11.3 Å². The van der Waals surface area contributed by atoms with Gasteiger partial charge in [0.25, 0.3) is 0 Å². The van der Waals surface area contributed by atoms with Crippen LogP contribution in [0.1, 0.15) is 23.2 Å². The molecule has 0 saturated carbocycles. The molecule has 6 aromatic rings. The second kappa shape index (κ2) is 10.1. The molecule has 1 aliphatic rings. The summed E-state index contributed by atoms with van der Waals surface area (Å²) in [5.41, 5.74) is 11.1. The van der Waals surface area contributed by atoms with Crippen LogP contribution in [-0.2, 0) is 6.42 Å². The summed E-state index contributed by atoms with van der Waals surface area (Å²) in [5, 5.41) is 10.8. The normalized spacial score (nSPS) is 12.2. The van der Waals surface area contributed by atoms with Crippen LogP contribution in [0.15, 0.2) is 133 Å². The lowest BCUT2D eigenvalue weighted by molar-refractivity contribution is 0.888. The number of para-hydroxylation sites is 2. The van der Waals surface area contributed by atoms with Gasteiger partial charge in [-0.05, 0) is 84.6 Å². The van der Waals surface area contributed by atoms with Crippen molar-refractivity contribution in [2.24, 2.45) is 0 Å². The number of allylic oxidation sites excluding steroid dienone is 1. The van der Waals surface area contributed by atoms with Crippen molar-refractivity contribution in [3.05, 3.63) is 150 Å². The minimum atomic E-state index is 0.693. The van der Waals surface area contributed by atoms with Crippen LogP contribution in [0.4, 0.5) is 17.1 Å². The largest absolute Gasteiger partial charge is 0.313 e. The van der Waals surface area contributed by atoms with Gasteiger partial charge in [0.15, 0.2) is 0 Å². The SMILES string of the molecule is N#Cc1ccccc1-c1ccc(-n2c3c(c4cc(N(c5ccccc5)c5ccccc5)ccc42)C=CCC3)cc1. The fourth-order valence-corrected chi connectivity index (χ4v) is 5.87. The van der Waals surface area contributed by atoms with Gasteiger partial charge in [-0.25, -0.2) is 0 Å². The van der Waals surface area contributed by atoms with Gasteiger partial charge in [0.05, 0.1) is 17.1 Å². The van der Waals surface area contributed by atoms with Gasteiger partial charge in [-0.1, -0.05) is 78.9 Å². The molecule has 5 aromatic carbocycles. The Hall–Kier alpha value is -5.33. The first-order valence-corrected chi connectivity index (χ1v) is 13.7. The van der Waals surface area contributed by atoms with E-state index in [9.17, 15) is 5.26 Å². The van der Waals surface area contributed by atoms with Gasteiger partial charge >= 0.3 is 0 Å². The van der Waals surface area contributed by atoms with Crippen LogP contribution in [0.2, 0.25) is 0 Å². The van der Waals surface area contributed by atoms with Crippen molar-refractivity contribution < 1.29 is 0 Å². The van der Waals surface area contributed by atoms with Gasteiger partial charge < -0.3 is 9.47 Å². The third kappa shape index (κ3) is 4.08. The molecule has 3 heteroatoms. The zero-order chi connectivity index (χ0) is 26.9. The maximum atomic E-state index is 9.58. The molecule has 0 N–H and O–H groups in total. The molecule has 0 aliphatic heterocycles. The molecular weight excluding hydrogens is 486 g/mol. The zero-order valence-corrected chi connectivity index (χ0v) is 22.0. The summed E-state index contributed by atoms with van der Waals surface area (Å²) in [7, 11) is 0. The highest BCUT2D eigenvalue weighted by molar-refractivity contribution is 5.97. The monoisotopic (exact) mass is 513 g/mol. The van der Waals surface area contributed by atoms with Crippen molar-refractivity contribution in [2.45, 2.75) is 12.8 Å². The molecule has 0 fully saturated rings. The van der Waals surface area contributed by atoms with E-state index in [0.717, 1.165) is 46.7 Å². The summed E-state index contributed by atoms with van der Waals surface area (Å²) in [6.45, 7) is 0. The van der Waals surface area contributed by atoms with Crippen LogP contribution in [0.5, 0.6) is 0 Å². The van der Waals surface area contributed by atoms with Crippen molar-refractivity contribution in [3.63, 3.8) is 0 Å². The Balaban J connectivity index is 1.37. The number of anilines is 3. The van der Waals surface area contributed by atoms with Crippen molar-refractivity contribution in [1.29, 1.82) is 5.26 Å². The molecule has 7 rings (SSSR count).